The summed E-state index contributed by atoms with van der Waals surface area (Å²) >= 11 is 12.7. The number of phosphoric ester groups is 2. The molecule has 8 aromatic carbocycles. The van der Waals surface area contributed by atoms with Crippen LogP contribution in [0.1, 0.15) is 124 Å². The van der Waals surface area contributed by atoms with Gasteiger partial charge in [-0.2, -0.15) is 0 Å². The Balaban J connectivity index is 0.000000258. The van der Waals surface area contributed by atoms with Gasteiger partial charge in [-0.15, -0.1) is 0 Å². The van der Waals surface area contributed by atoms with Gasteiger partial charge in [-0.3, -0.25) is 37.3 Å². The van der Waals surface area contributed by atoms with Crippen molar-refractivity contribution in [3.05, 3.63) is 266 Å². The van der Waals surface area contributed by atoms with Crippen molar-refractivity contribution in [2.75, 3.05) is 33.5 Å². The third-order valence-electron chi connectivity index (χ3n) is 14.6. The van der Waals surface area contributed by atoms with Crippen LogP contribution in [0.3, 0.4) is 0 Å². The number of fused-ring (bicyclic) bond motifs is 2. The summed E-state index contributed by atoms with van der Waals surface area (Å²) in [4.78, 5) is 75.4. The summed E-state index contributed by atoms with van der Waals surface area (Å²) in [7, 11) is -8.90. The molecule has 0 saturated heterocycles. The van der Waals surface area contributed by atoms with Gasteiger partial charge in [-0.05, 0) is 172 Å². The van der Waals surface area contributed by atoms with Gasteiger partial charge < -0.3 is 37.6 Å². The smallest absolute Gasteiger partial charge is 0.358 e. The zero-order chi connectivity index (χ0) is 61.1. The minimum atomic E-state index is -4.76. The molecule has 16 nitrogen and oxygen atoms in total. The van der Waals surface area contributed by atoms with Crippen molar-refractivity contribution in [2.45, 2.75) is 78.8 Å². The van der Waals surface area contributed by atoms with E-state index in [2.05, 4.69) is 10.6 Å². The molecule has 21 heteroatoms. The molecule has 0 radical (unpaired) electrons. The number of nitrogens with one attached hydrogen (secondary N) is 2. The molecule has 2 aliphatic rings. The van der Waals surface area contributed by atoms with Crippen LogP contribution in [0.5, 0.6) is 0 Å². The average molecular weight is 1360 g/mol. The van der Waals surface area contributed by atoms with Gasteiger partial charge in [0.15, 0.2) is 0 Å². The molecule has 2 atom stereocenters. The van der Waals surface area contributed by atoms with Crippen LogP contribution in [0, 0.1) is 35.1 Å². The van der Waals surface area contributed by atoms with Gasteiger partial charge >= 0.3 is 15.6 Å². The van der Waals surface area contributed by atoms with Crippen LogP contribution in [0.2, 0.25) is 10.0 Å². The standard InChI is InChI=1S/C40H38ClN2O6P.C26H26ClN2O6P.CH3.Pd/c1-28-12-9-10-17-34(28)39(44)42-33-20-21-35(29(2)24-33)40(45)43-23-11-18-38(36-25-32(41)19-22-37(36)43)49-50(46,47-26-30-13-5-3-6-14-30)48-27-31-15-7-4-8-16-31;1-16-6-3-4-7-20(16)25(30)28-19-10-11-21(17(2)14-19)26(31)29-13-5-8-24(35-36(32,33)34)22-15-18(27)9-12-23(22)29;;/h3-10,12-17,19-22,24-25,38H,11,18,23,26-27H2,1-2H3,(H,42,44);3-4,6-7,9-12,14-15,24H,5,8,13H2,1-2H3,(H,28,30)(H2,32,33,34);1H3;/q;;-1;. The minimum Gasteiger partial charge on any atom is -0.358 e. The number of anilines is 4. The van der Waals surface area contributed by atoms with Gasteiger partial charge in [-0.25, -0.2) is 9.13 Å². The van der Waals surface area contributed by atoms with E-state index in [1.165, 1.54) is 0 Å². The molecule has 462 valence electrons. The van der Waals surface area contributed by atoms with Gasteiger partial charge in [0.05, 0.1) is 25.4 Å². The summed E-state index contributed by atoms with van der Waals surface area (Å²) in [6.45, 7) is 8.14. The molecule has 4 N–H and O–H groups in total. The zero-order valence-electron chi connectivity index (χ0n) is 49.0. The van der Waals surface area contributed by atoms with Crippen LogP contribution in [-0.4, -0.2) is 46.5 Å². The quantitative estimate of drug-likeness (QED) is 0.0404. The fourth-order valence-corrected chi connectivity index (χ4v) is 12.6. The molecule has 8 aromatic rings. The Morgan fingerprint density at radius 1 is 0.500 bits per heavy atom. The maximum atomic E-state index is 14.3. The van der Waals surface area contributed by atoms with Crippen LogP contribution in [-0.2, 0) is 60.9 Å². The summed E-state index contributed by atoms with van der Waals surface area (Å²) in [5.74, 6) is -0.943. The Morgan fingerprint density at radius 3 is 1.27 bits per heavy atom. The number of carbonyl (C=O) groups is 4. The van der Waals surface area contributed by atoms with E-state index in [4.69, 9.17) is 41.3 Å². The Labute approximate surface area is 537 Å². The van der Waals surface area contributed by atoms with E-state index in [0.717, 1.165) is 22.3 Å². The first-order valence-corrected chi connectivity index (χ1v) is 31.5. The van der Waals surface area contributed by atoms with Crippen molar-refractivity contribution in [2.24, 2.45) is 0 Å². The van der Waals surface area contributed by atoms with E-state index in [9.17, 15) is 38.1 Å². The predicted octanol–water partition coefficient (Wildman–Crippen LogP) is 16.5. The second-order valence-corrected chi connectivity index (χ2v) is 24.5. The van der Waals surface area contributed by atoms with Crippen molar-refractivity contribution in [3.8, 4) is 0 Å². The van der Waals surface area contributed by atoms with Gasteiger partial charge in [0.1, 0.15) is 0 Å². The zero-order valence-corrected chi connectivity index (χ0v) is 53.8. The van der Waals surface area contributed by atoms with Crippen molar-refractivity contribution in [1.29, 1.82) is 0 Å². The van der Waals surface area contributed by atoms with E-state index in [1.807, 2.05) is 112 Å². The molecular formula is C67H67Cl2N4O12P2Pd-. The number of carbonyl (C=O) groups excluding carboxylic acids is 4. The van der Waals surface area contributed by atoms with E-state index < -0.39 is 27.9 Å². The van der Waals surface area contributed by atoms with Crippen LogP contribution in [0.25, 0.3) is 0 Å². The normalized spacial score (nSPS) is 14.6. The first kappa shape index (κ1) is 68.6. The second kappa shape index (κ2) is 31.0. The summed E-state index contributed by atoms with van der Waals surface area (Å²) in [6.07, 6.45) is 0.116. The molecule has 0 aliphatic carbocycles. The summed E-state index contributed by atoms with van der Waals surface area (Å²) in [5, 5.41) is 6.63. The van der Waals surface area contributed by atoms with E-state index in [-0.39, 0.29) is 64.7 Å². The van der Waals surface area contributed by atoms with Gasteiger partial charge in [-0.1, -0.05) is 120 Å². The number of rotatable bonds is 16. The van der Waals surface area contributed by atoms with E-state index in [0.29, 0.717) is 116 Å². The fourth-order valence-electron chi connectivity index (χ4n) is 10.3. The Kier molecular flexibility index (Phi) is 24.2. The summed E-state index contributed by atoms with van der Waals surface area (Å²) in [5.41, 5.74) is 10.1. The predicted molar refractivity (Wildman–Crippen MR) is 342 cm³/mol. The SMILES string of the molecule is Cc1ccccc1C(=O)Nc1ccc(C(=O)N2CCCC(OP(=O)(O)O)c3cc(Cl)ccc32)c(C)c1.Cc1ccccc1C(=O)Nc1ccc(C(=O)N2CCCC(OP(=O)(OCc3ccccc3)OCc3ccccc3)c3cc(Cl)ccc32)c(C)c1.[CH3-].[Pd]. The fraction of sp³-hybridized carbons (Fsp3) is 0.209. The number of halogens is 2. The Hall–Kier alpha value is -6.90. The summed E-state index contributed by atoms with van der Waals surface area (Å²) < 4.78 is 49.0. The van der Waals surface area contributed by atoms with Gasteiger partial charge in [0.25, 0.3) is 23.6 Å². The van der Waals surface area contributed by atoms with Gasteiger partial charge in [0.2, 0.25) is 0 Å². The van der Waals surface area contributed by atoms with Crippen molar-refractivity contribution in [1.82, 2.24) is 0 Å². The minimum absolute atomic E-state index is 0. The molecular weight excluding hydrogens is 1290 g/mol. The number of hydrogen-bond acceptors (Lipinski definition) is 10. The molecule has 0 bridgehead atoms. The first-order chi connectivity index (χ1) is 41.2. The van der Waals surface area contributed by atoms with Gasteiger partial charge in [0, 0.05) is 99.7 Å². The molecule has 2 aliphatic heterocycles. The van der Waals surface area contributed by atoms with E-state index >= 15 is 0 Å². The monoisotopic (exact) mass is 1360 g/mol. The molecule has 0 aromatic heterocycles. The van der Waals surface area contributed by atoms with Crippen molar-refractivity contribution < 1.29 is 76.6 Å². The Bertz CT molecular complexity index is 3850. The molecule has 88 heavy (non-hydrogen) atoms. The third kappa shape index (κ3) is 17.7. The number of nitrogens with zero attached hydrogens (tertiary/aromatic N) is 2. The topological polar surface area (TPSA) is 210 Å². The maximum absolute atomic E-state index is 14.3. The van der Waals surface area contributed by atoms with Crippen LogP contribution < -0.4 is 20.4 Å². The number of phosphoric acid groups is 2. The first-order valence-electron chi connectivity index (χ1n) is 27.8. The molecule has 2 heterocycles. The van der Waals surface area contributed by atoms with Crippen LogP contribution in [0.4, 0.5) is 22.7 Å². The molecule has 10 rings (SSSR count). The maximum Gasteiger partial charge on any atom is 0.476 e. The number of aryl methyl sites for hydroxylation is 4. The molecule has 0 saturated carbocycles. The molecule has 2 unspecified atom stereocenters. The number of amides is 4. The average Bonchev–Trinajstić information content (AvgIpc) is 1.78. The van der Waals surface area contributed by atoms with Crippen LogP contribution in [0.15, 0.2) is 182 Å². The van der Waals surface area contributed by atoms with Crippen molar-refractivity contribution in [3.63, 3.8) is 0 Å². The number of benzene rings is 8. The molecule has 0 fully saturated rings. The molecule has 0 spiro atoms. The van der Waals surface area contributed by atoms with Crippen molar-refractivity contribution >= 4 is 85.2 Å². The Morgan fingerprint density at radius 2 is 0.886 bits per heavy atom. The largest absolute Gasteiger partial charge is 0.476 e. The second-order valence-electron chi connectivity index (χ2n) is 20.8. The summed E-state index contributed by atoms with van der Waals surface area (Å²) in [6, 6.07) is 53.9. The van der Waals surface area contributed by atoms with Crippen LogP contribution >= 0.6 is 38.8 Å². The van der Waals surface area contributed by atoms with E-state index in [1.54, 1.807) is 108 Å². The third-order valence-corrected chi connectivity index (χ3v) is 17.0. The number of hydrogen-bond donors (Lipinski definition) is 4. The molecule has 4 amide bonds.